The highest BCUT2D eigenvalue weighted by Crippen LogP contribution is 2.30. The number of nitrogens with one attached hydrogen (secondary N) is 1. The molecule has 0 fully saturated rings. The molecular weight excluding hydrogens is 336 g/mol. The molecule has 1 aromatic heterocycles. The summed E-state index contributed by atoms with van der Waals surface area (Å²) in [5, 5.41) is 5.33. The molecule has 0 aliphatic carbocycles. The van der Waals surface area contributed by atoms with Gasteiger partial charge in [-0.25, -0.2) is 0 Å². The monoisotopic (exact) mass is 360 g/mol. The number of nitrogens with zero attached hydrogens (tertiary/aromatic N) is 1. The minimum absolute atomic E-state index is 0.00810. The number of amides is 1. The molecule has 1 aliphatic rings. The van der Waals surface area contributed by atoms with E-state index in [4.69, 9.17) is 0 Å². The number of carbonyl (C=O) groups is 1. The molecule has 0 radical (unpaired) electrons. The number of thioether (sulfide) groups is 1. The third kappa shape index (κ3) is 4.02. The summed E-state index contributed by atoms with van der Waals surface area (Å²) in [6.45, 7) is 4.62. The first-order valence-corrected chi connectivity index (χ1v) is 10.5. The number of thiophene rings is 1. The summed E-state index contributed by atoms with van der Waals surface area (Å²) in [5.41, 5.74) is 2.71. The van der Waals surface area contributed by atoms with Crippen LogP contribution in [0.25, 0.3) is 0 Å². The van der Waals surface area contributed by atoms with Crippen molar-refractivity contribution in [2.45, 2.75) is 31.2 Å². The van der Waals surface area contributed by atoms with Crippen LogP contribution in [0.15, 0.2) is 41.8 Å². The van der Waals surface area contributed by atoms with Gasteiger partial charge in [0.25, 0.3) is 0 Å². The van der Waals surface area contributed by atoms with Crippen LogP contribution >= 0.6 is 23.1 Å². The molecule has 24 heavy (non-hydrogen) atoms. The van der Waals surface area contributed by atoms with Crippen molar-refractivity contribution < 1.29 is 4.79 Å². The first-order valence-electron chi connectivity index (χ1n) is 8.33. The lowest BCUT2D eigenvalue weighted by Gasteiger charge is -2.35. The molecule has 128 valence electrons. The van der Waals surface area contributed by atoms with Crippen LogP contribution in [0, 0.1) is 0 Å². The SMILES string of the molecule is CS[C@H](C)C(=O)NC[C@H](c1ccccc1)N1CCc2sccc2C1. The third-order valence-electron chi connectivity index (χ3n) is 4.65. The second-order valence-electron chi connectivity index (χ2n) is 6.14. The number of hydrogen-bond acceptors (Lipinski definition) is 4. The van der Waals surface area contributed by atoms with Crippen LogP contribution in [0.1, 0.15) is 29.0 Å². The highest BCUT2D eigenvalue weighted by atomic mass is 32.2. The van der Waals surface area contributed by atoms with Gasteiger partial charge in [0.15, 0.2) is 0 Å². The van der Waals surface area contributed by atoms with Crippen molar-refractivity contribution in [2.24, 2.45) is 0 Å². The number of hydrogen-bond donors (Lipinski definition) is 1. The van der Waals surface area contributed by atoms with Gasteiger partial charge in [-0.3, -0.25) is 9.69 Å². The molecule has 1 amide bonds. The standard InChI is InChI=1S/C19H24N2OS2/c1-14(23-2)19(22)20-12-17(15-6-4-3-5-7-15)21-10-8-18-16(13-21)9-11-24-18/h3-7,9,11,14,17H,8,10,12-13H2,1-2H3,(H,20,22)/t14-,17-/m1/s1. The Bertz CT molecular complexity index is 671. The number of carbonyl (C=O) groups excluding carboxylic acids is 1. The van der Waals surface area contributed by atoms with E-state index in [1.54, 1.807) is 11.8 Å². The molecule has 1 aliphatic heterocycles. The van der Waals surface area contributed by atoms with Crippen molar-refractivity contribution in [3.05, 3.63) is 57.8 Å². The van der Waals surface area contributed by atoms with Gasteiger partial charge in [0.05, 0.1) is 11.3 Å². The first-order chi connectivity index (χ1) is 11.7. The Kier molecular flexibility index (Phi) is 5.98. The predicted octanol–water partition coefficient (Wildman–Crippen LogP) is 3.72. The van der Waals surface area contributed by atoms with Gasteiger partial charge >= 0.3 is 0 Å². The summed E-state index contributed by atoms with van der Waals surface area (Å²) in [6.07, 6.45) is 3.08. The summed E-state index contributed by atoms with van der Waals surface area (Å²) < 4.78 is 0. The zero-order valence-electron chi connectivity index (χ0n) is 14.2. The maximum atomic E-state index is 12.2. The summed E-state index contributed by atoms with van der Waals surface area (Å²) >= 11 is 3.44. The van der Waals surface area contributed by atoms with Gasteiger partial charge in [0.1, 0.15) is 0 Å². The first kappa shape index (κ1) is 17.5. The Balaban J connectivity index is 1.75. The number of rotatable bonds is 6. The number of fused-ring (bicyclic) bond motifs is 1. The fraction of sp³-hybridized carbons (Fsp3) is 0.421. The minimum atomic E-state index is -0.00810. The predicted molar refractivity (Wildman–Crippen MR) is 104 cm³/mol. The lowest BCUT2D eigenvalue weighted by atomic mass is 10.0. The zero-order valence-corrected chi connectivity index (χ0v) is 15.8. The van der Waals surface area contributed by atoms with Crippen molar-refractivity contribution in [3.63, 3.8) is 0 Å². The van der Waals surface area contributed by atoms with Crippen molar-refractivity contribution >= 4 is 29.0 Å². The van der Waals surface area contributed by atoms with E-state index in [2.05, 4.69) is 45.9 Å². The van der Waals surface area contributed by atoms with Crippen molar-refractivity contribution in [2.75, 3.05) is 19.3 Å². The highest BCUT2D eigenvalue weighted by molar-refractivity contribution is 7.99. The van der Waals surface area contributed by atoms with Gasteiger partial charge in [0.2, 0.25) is 5.91 Å². The summed E-state index contributed by atoms with van der Waals surface area (Å²) in [5.74, 6) is 0.122. The average Bonchev–Trinajstić information content (AvgIpc) is 3.09. The average molecular weight is 361 g/mol. The van der Waals surface area contributed by atoms with Gasteiger partial charge in [-0.2, -0.15) is 11.8 Å². The minimum Gasteiger partial charge on any atom is -0.353 e. The molecule has 2 heterocycles. The lowest BCUT2D eigenvalue weighted by molar-refractivity contribution is -0.120. The summed E-state index contributed by atoms with van der Waals surface area (Å²) in [7, 11) is 0. The number of benzene rings is 1. The van der Waals surface area contributed by atoms with E-state index in [0.717, 1.165) is 19.5 Å². The molecular formula is C19H24N2OS2. The molecule has 0 spiro atoms. The normalized spacial score (nSPS) is 17.1. The topological polar surface area (TPSA) is 32.3 Å². The van der Waals surface area contributed by atoms with E-state index < -0.39 is 0 Å². The quantitative estimate of drug-likeness (QED) is 0.852. The van der Waals surface area contributed by atoms with E-state index >= 15 is 0 Å². The maximum Gasteiger partial charge on any atom is 0.232 e. The van der Waals surface area contributed by atoms with Crippen molar-refractivity contribution in [3.8, 4) is 0 Å². The van der Waals surface area contributed by atoms with E-state index in [0.29, 0.717) is 6.54 Å². The van der Waals surface area contributed by atoms with Crippen LogP contribution in [-0.2, 0) is 17.8 Å². The van der Waals surface area contributed by atoms with Crippen molar-refractivity contribution in [1.29, 1.82) is 0 Å². The molecule has 0 saturated heterocycles. The molecule has 1 N–H and O–H groups in total. The van der Waals surface area contributed by atoms with Gasteiger partial charge in [-0.05, 0) is 42.2 Å². The van der Waals surface area contributed by atoms with E-state index in [9.17, 15) is 4.79 Å². The molecule has 3 nitrogen and oxygen atoms in total. The molecule has 2 atom stereocenters. The van der Waals surface area contributed by atoms with Crippen LogP contribution in [0.4, 0.5) is 0 Å². The Hall–Kier alpha value is -1.30. The van der Waals surface area contributed by atoms with E-state index in [1.165, 1.54) is 16.0 Å². The second-order valence-corrected chi connectivity index (χ2v) is 8.32. The van der Waals surface area contributed by atoms with Gasteiger partial charge in [0, 0.05) is 24.5 Å². The summed E-state index contributed by atoms with van der Waals surface area (Å²) in [6, 6.07) is 13.0. The van der Waals surface area contributed by atoms with Crippen LogP contribution in [-0.4, -0.2) is 35.4 Å². The van der Waals surface area contributed by atoms with Gasteiger partial charge in [-0.1, -0.05) is 30.3 Å². The Morgan fingerprint density at radius 1 is 1.33 bits per heavy atom. The fourth-order valence-corrected chi connectivity index (χ4v) is 4.30. The van der Waals surface area contributed by atoms with Gasteiger partial charge in [-0.15, -0.1) is 11.3 Å². The molecule has 2 aromatic rings. The second kappa shape index (κ2) is 8.19. The third-order valence-corrected chi connectivity index (χ3v) is 6.60. The molecule has 0 bridgehead atoms. The van der Waals surface area contributed by atoms with Crippen LogP contribution in [0.5, 0.6) is 0 Å². The fourth-order valence-electron chi connectivity index (χ4n) is 3.12. The largest absolute Gasteiger partial charge is 0.353 e. The van der Waals surface area contributed by atoms with Crippen LogP contribution in [0.3, 0.4) is 0 Å². The smallest absolute Gasteiger partial charge is 0.232 e. The summed E-state index contributed by atoms with van der Waals surface area (Å²) in [4.78, 5) is 16.2. The molecule has 3 rings (SSSR count). The zero-order chi connectivity index (χ0) is 16.9. The van der Waals surface area contributed by atoms with E-state index in [-0.39, 0.29) is 17.2 Å². The van der Waals surface area contributed by atoms with Crippen LogP contribution < -0.4 is 5.32 Å². The van der Waals surface area contributed by atoms with Gasteiger partial charge < -0.3 is 5.32 Å². The van der Waals surface area contributed by atoms with Crippen LogP contribution in [0.2, 0.25) is 0 Å². The Morgan fingerprint density at radius 3 is 2.88 bits per heavy atom. The molecule has 1 aromatic carbocycles. The van der Waals surface area contributed by atoms with Crippen molar-refractivity contribution in [1.82, 2.24) is 10.2 Å². The lowest BCUT2D eigenvalue weighted by Crippen LogP contribution is -2.42. The molecule has 0 unspecified atom stereocenters. The maximum absolute atomic E-state index is 12.2. The molecule has 5 heteroatoms. The molecule has 0 saturated carbocycles. The van der Waals surface area contributed by atoms with E-state index in [1.807, 2.05) is 30.6 Å². The Labute approximate surface area is 152 Å². The Morgan fingerprint density at radius 2 is 2.12 bits per heavy atom. The highest BCUT2D eigenvalue weighted by Gasteiger charge is 2.26.